The average molecular weight is 942 g/mol. The predicted molar refractivity (Wildman–Crippen MR) is 261 cm³/mol. The second-order valence-electron chi connectivity index (χ2n) is 19.5. The molecule has 0 amide bonds. The fraction of sp³-hybridized carbons (Fsp3) is 0.846. The Bertz CT molecular complexity index is 1320. The number of rotatable bonds is 43. The molecule has 0 aromatic rings. The van der Waals surface area contributed by atoms with E-state index >= 15 is 0 Å². The monoisotopic (exact) mass is 942 g/mol. The summed E-state index contributed by atoms with van der Waals surface area (Å²) >= 11 is 0. The van der Waals surface area contributed by atoms with Crippen molar-refractivity contribution in [3.8, 4) is 0 Å². The van der Waals surface area contributed by atoms with Crippen molar-refractivity contribution in [2.75, 3.05) is 47.5 Å². The van der Waals surface area contributed by atoms with Gasteiger partial charge in [-0.05, 0) is 63.7 Å². The van der Waals surface area contributed by atoms with Gasteiger partial charge < -0.3 is 43.2 Å². The highest BCUT2D eigenvalue weighted by atomic mass is 31.2. The third kappa shape index (κ3) is 35.9. The molecule has 0 aliphatic heterocycles. The lowest BCUT2D eigenvalue weighted by atomic mass is 9.89. The highest BCUT2D eigenvalue weighted by molar-refractivity contribution is 7.45. The van der Waals surface area contributed by atoms with Crippen LogP contribution in [0.25, 0.3) is 0 Å². The van der Waals surface area contributed by atoms with Crippen molar-refractivity contribution in [1.82, 2.24) is 0 Å². The van der Waals surface area contributed by atoms with Gasteiger partial charge in [-0.25, -0.2) is 0 Å². The van der Waals surface area contributed by atoms with Crippen molar-refractivity contribution in [1.29, 1.82) is 0 Å². The molecule has 0 aromatic carbocycles. The van der Waals surface area contributed by atoms with Crippen LogP contribution in [0.4, 0.5) is 0 Å². The van der Waals surface area contributed by atoms with Gasteiger partial charge in [0, 0.05) is 25.2 Å². The minimum atomic E-state index is -4.69. The topological polar surface area (TPSA) is 172 Å². The first-order chi connectivity index (χ1) is 31.2. The molecule has 65 heavy (non-hydrogen) atoms. The van der Waals surface area contributed by atoms with Crippen molar-refractivity contribution in [3.63, 3.8) is 0 Å². The summed E-state index contributed by atoms with van der Waals surface area (Å²) < 4.78 is 34.0. The van der Waals surface area contributed by atoms with Crippen LogP contribution < -0.4 is 4.89 Å². The largest absolute Gasteiger partial charge is 0.756 e. The highest BCUT2D eigenvalue weighted by Gasteiger charge is 2.39. The summed E-state index contributed by atoms with van der Waals surface area (Å²) in [5.41, 5.74) is 0. The van der Waals surface area contributed by atoms with Gasteiger partial charge in [0.2, 0.25) is 0 Å². The number of nitrogens with zero attached hydrogens (tertiary/aromatic N) is 1. The molecule has 1 saturated carbocycles. The summed E-state index contributed by atoms with van der Waals surface area (Å²) in [4.78, 5) is 37.9. The maximum Gasteiger partial charge on any atom is 0.306 e. The number of hydrogen-bond donors (Lipinski definition) is 3. The Kier molecular flexibility index (Phi) is 36.7. The van der Waals surface area contributed by atoms with Crippen molar-refractivity contribution >= 4 is 19.8 Å². The molecule has 0 spiro atoms. The van der Waals surface area contributed by atoms with E-state index in [-0.39, 0.29) is 37.9 Å². The molecule has 1 unspecified atom stereocenters. The van der Waals surface area contributed by atoms with Crippen LogP contribution in [0.2, 0.25) is 0 Å². The van der Waals surface area contributed by atoms with Crippen LogP contribution in [0.1, 0.15) is 200 Å². The van der Waals surface area contributed by atoms with Gasteiger partial charge in [0.1, 0.15) is 19.8 Å². The number of phosphoric ester groups is 1. The number of aliphatic hydroxyl groups is 3. The van der Waals surface area contributed by atoms with E-state index < -0.39 is 50.8 Å². The van der Waals surface area contributed by atoms with Crippen molar-refractivity contribution < 1.29 is 57.4 Å². The molecule has 380 valence electrons. The fourth-order valence-corrected chi connectivity index (χ4v) is 8.78. The molecular formula is C52H96NO11P. The fourth-order valence-electron chi connectivity index (χ4n) is 8.06. The number of unbranched alkanes of at least 4 members (excludes halogenated alkanes) is 20. The van der Waals surface area contributed by atoms with Gasteiger partial charge in [-0.1, -0.05) is 159 Å². The Hall–Kier alpha value is -1.89. The van der Waals surface area contributed by atoms with E-state index in [1.165, 1.54) is 96.3 Å². The minimum absolute atomic E-state index is 0.0696. The Labute approximate surface area is 396 Å². The van der Waals surface area contributed by atoms with Crippen LogP contribution in [0, 0.1) is 11.8 Å². The van der Waals surface area contributed by atoms with Crippen LogP contribution in [0.5, 0.6) is 0 Å². The molecule has 12 nitrogen and oxygen atoms in total. The summed E-state index contributed by atoms with van der Waals surface area (Å²) in [5.74, 6) is -1.43. The number of allylic oxidation sites excluding steroid dienone is 4. The molecule has 3 N–H and O–H groups in total. The molecule has 0 saturated heterocycles. The molecule has 0 radical (unpaired) electrons. The van der Waals surface area contributed by atoms with Crippen LogP contribution >= 0.6 is 7.82 Å². The minimum Gasteiger partial charge on any atom is -0.756 e. The summed E-state index contributed by atoms with van der Waals surface area (Å²) in [6.45, 7) is 3.87. The van der Waals surface area contributed by atoms with Crippen molar-refractivity contribution in [2.45, 2.75) is 224 Å². The standard InChI is InChI=1S/C52H96NO11P/c1-6-8-10-11-12-13-14-15-16-17-18-19-20-21-22-23-24-25-26-27-33-37-52(58)64-46(44-63-65(59,60)62-41-40-53(3,4)5)43-61-51(57)36-32-29-28-31-35-47-48(50(56)42-49(47)55)39-38-45(54)34-30-9-7-2/h15-16,28,31,38-39,45-50,54-56H,6-14,17-27,29-30,32-37,40-44H2,1-5H3/b16-15-,31-28+,39-38+/t45-,46+,47+,48+,49-,50+/m0/s1. The first-order valence-electron chi connectivity index (χ1n) is 26.0. The summed E-state index contributed by atoms with van der Waals surface area (Å²) in [6.07, 6.45) is 38.4. The first-order valence-corrected chi connectivity index (χ1v) is 27.4. The van der Waals surface area contributed by atoms with Gasteiger partial charge in [-0.3, -0.25) is 14.2 Å². The van der Waals surface area contributed by atoms with Crippen molar-refractivity contribution in [2.24, 2.45) is 11.8 Å². The van der Waals surface area contributed by atoms with Gasteiger partial charge in [0.15, 0.2) is 6.10 Å². The smallest absolute Gasteiger partial charge is 0.306 e. The second kappa shape index (κ2) is 39.0. The van der Waals surface area contributed by atoms with E-state index in [1.807, 2.05) is 39.4 Å². The zero-order chi connectivity index (χ0) is 48.0. The van der Waals surface area contributed by atoms with Crippen molar-refractivity contribution in [3.05, 3.63) is 36.5 Å². The number of esters is 2. The van der Waals surface area contributed by atoms with Crippen LogP contribution in [-0.4, -0.2) is 104 Å². The van der Waals surface area contributed by atoms with E-state index in [1.54, 1.807) is 6.08 Å². The lowest BCUT2D eigenvalue weighted by Gasteiger charge is -2.28. The van der Waals surface area contributed by atoms with E-state index in [2.05, 4.69) is 26.0 Å². The number of likely N-dealkylation sites (N-methyl/N-ethyl adjacent to an activating group) is 1. The van der Waals surface area contributed by atoms with E-state index in [0.717, 1.165) is 38.5 Å². The molecule has 1 fully saturated rings. The van der Waals surface area contributed by atoms with Gasteiger partial charge in [-0.15, -0.1) is 0 Å². The molecule has 1 aliphatic carbocycles. The molecule has 0 bridgehead atoms. The number of carbonyl (C=O) groups is 2. The Morgan fingerprint density at radius 3 is 1.80 bits per heavy atom. The number of aliphatic hydroxyl groups excluding tert-OH is 3. The molecule has 13 heteroatoms. The Balaban J connectivity index is 2.39. The first kappa shape index (κ1) is 61.1. The quantitative estimate of drug-likeness (QED) is 0.0175. The van der Waals surface area contributed by atoms with E-state index in [9.17, 15) is 34.4 Å². The molecule has 1 rings (SSSR count). The molecule has 0 aromatic heterocycles. The lowest BCUT2D eigenvalue weighted by Crippen LogP contribution is -2.37. The number of quaternary nitrogens is 1. The average Bonchev–Trinajstić information content (AvgIpc) is 3.52. The Morgan fingerprint density at radius 1 is 0.677 bits per heavy atom. The molecular weight excluding hydrogens is 846 g/mol. The van der Waals surface area contributed by atoms with Crippen LogP contribution in [0.15, 0.2) is 36.5 Å². The number of hydrogen-bond acceptors (Lipinski definition) is 11. The maximum absolute atomic E-state index is 12.8. The van der Waals surface area contributed by atoms with Gasteiger partial charge in [-0.2, -0.15) is 0 Å². The molecule has 1 aliphatic rings. The zero-order valence-electron chi connectivity index (χ0n) is 41.8. The number of phosphoric acid groups is 1. The maximum atomic E-state index is 12.8. The SMILES string of the molecule is CCCCCCCC/C=C\CCCCCCCCCCCCCC(=O)O[C@H](COC(=O)CCC/C=C/C[C@@H]1[C@@H](/C=C/[C@@H](O)CCCCC)[C@H](O)C[C@@H]1O)COP(=O)([O-])OCC[N+](C)(C)C. The van der Waals surface area contributed by atoms with Gasteiger partial charge in [0.25, 0.3) is 7.82 Å². The summed E-state index contributed by atoms with van der Waals surface area (Å²) in [5, 5.41) is 31.4. The van der Waals surface area contributed by atoms with E-state index in [4.69, 9.17) is 18.5 Å². The van der Waals surface area contributed by atoms with Crippen LogP contribution in [-0.2, 0) is 32.7 Å². The molecule has 7 atom stereocenters. The second-order valence-corrected chi connectivity index (χ2v) is 20.9. The normalized spacial score (nSPS) is 20.0. The zero-order valence-corrected chi connectivity index (χ0v) is 42.7. The third-order valence-electron chi connectivity index (χ3n) is 12.2. The van der Waals surface area contributed by atoms with Gasteiger partial charge >= 0.3 is 11.9 Å². The van der Waals surface area contributed by atoms with E-state index in [0.29, 0.717) is 49.6 Å². The molecule has 0 heterocycles. The van der Waals surface area contributed by atoms with Crippen LogP contribution in [0.3, 0.4) is 0 Å². The Morgan fingerprint density at radius 2 is 1.20 bits per heavy atom. The summed E-state index contributed by atoms with van der Waals surface area (Å²) in [6, 6.07) is 0. The highest BCUT2D eigenvalue weighted by Crippen LogP contribution is 2.39. The number of ether oxygens (including phenoxy) is 2. The third-order valence-corrected chi connectivity index (χ3v) is 13.2. The number of carbonyl (C=O) groups excluding carboxylic acids is 2. The van der Waals surface area contributed by atoms with Gasteiger partial charge in [0.05, 0.1) is 46.1 Å². The summed E-state index contributed by atoms with van der Waals surface area (Å²) in [7, 11) is 1.04. The lowest BCUT2D eigenvalue weighted by molar-refractivity contribution is -0.870. The predicted octanol–water partition coefficient (Wildman–Crippen LogP) is 11.0.